The van der Waals surface area contributed by atoms with Crippen LogP contribution in [0.25, 0.3) is 16.8 Å². The summed E-state index contributed by atoms with van der Waals surface area (Å²) < 4.78 is 5.57. The molecule has 15 heavy (non-hydrogen) atoms. The Kier molecular flexibility index (Phi) is 1.28. The zero-order valence-corrected chi connectivity index (χ0v) is 8.18. The van der Waals surface area contributed by atoms with Crippen LogP contribution < -0.4 is 0 Å². The van der Waals surface area contributed by atoms with Crippen LogP contribution in [0.5, 0.6) is 0 Å². The summed E-state index contributed by atoms with van der Waals surface area (Å²) in [6, 6.07) is 13.0. The SMILES string of the molecule is C1=CC2OC2c2cc3ccccc3cc21. The van der Waals surface area contributed by atoms with Crippen LogP contribution in [-0.2, 0) is 4.74 Å². The Bertz CT molecular complexity index is 583. The van der Waals surface area contributed by atoms with Gasteiger partial charge in [-0.15, -0.1) is 0 Å². The van der Waals surface area contributed by atoms with Crippen LogP contribution in [0.3, 0.4) is 0 Å². The van der Waals surface area contributed by atoms with Gasteiger partial charge in [-0.05, 0) is 34.0 Å². The Hall–Kier alpha value is -1.60. The number of fused-ring (bicyclic) bond motifs is 4. The lowest BCUT2D eigenvalue weighted by Crippen LogP contribution is -1.94. The van der Waals surface area contributed by atoms with Crippen LogP contribution in [0.4, 0.5) is 0 Å². The summed E-state index contributed by atoms with van der Waals surface area (Å²) in [5.74, 6) is 0. The van der Waals surface area contributed by atoms with E-state index in [-0.39, 0.29) is 0 Å². The molecule has 2 aromatic rings. The maximum atomic E-state index is 5.57. The van der Waals surface area contributed by atoms with E-state index in [1.165, 1.54) is 21.9 Å². The van der Waals surface area contributed by atoms with Gasteiger partial charge in [0, 0.05) is 0 Å². The third-order valence-corrected chi connectivity index (χ3v) is 3.25. The maximum Gasteiger partial charge on any atom is 0.114 e. The van der Waals surface area contributed by atoms with E-state index in [9.17, 15) is 0 Å². The van der Waals surface area contributed by atoms with Gasteiger partial charge in [-0.2, -0.15) is 0 Å². The molecule has 0 bridgehead atoms. The summed E-state index contributed by atoms with van der Waals surface area (Å²) in [6.07, 6.45) is 5.01. The Morgan fingerprint density at radius 1 is 1.00 bits per heavy atom. The molecule has 2 aromatic carbocycles. The van der Waals surface area contributed by atoms with Gasteiger partial charge in [0.25, 0.3) is 0 Å². The fraction of sp³-hybridized carbons (Fsp3) is 0.143. The number of ether oxygens (including phenoxy) is 1. The van der Waals surface area contributed by atoms with Crippen molar-refractivity contribution in [3.8, 4) is 0 Å². The minimum atomic E-state index is 0.328. The zero-order valence-electron chi connectivity index (χ0n) is 8.18. The lowest BCUT2D eigenvalue weighted by atomic mass is 9.94. The number of epoxide rings is 1. The highest BCUT2D eigenvalue weighted by Gasteiger charge is 2.41. The molecule has 0 radical (unpaired) electrons. The van der Waals surface area contributed by atoms with Crippen molar-refractivity contribution in [1.29, 1.82) is 0 Å². The largest absolute Gasteiger partial charge is 0.360 e. The standard InChI is InChI=1S/C14H10O/c1-2-4-10-8-12-11(7-9(10)3-1)5-6-13-14(12)15-13/h1-8,13-14H. The van der Waals surface area contributed by atoms with Crippen LogP contribution in [0.15, 0.2) is 42.5 Å². The molecule has 1 aliphatic carbocycles. The third kappa shape index (κ3) is 1.01. The van der Waals surface area contributed by atoms with Gasteiger partial charge in [0.05, 0.1) is 0 Å². The van der Waals surface area contributed by atoms with Gasteiger partial charge in [-0.3, -0.25) is 0 Å². The minimum Gasteiger partial charge on any atom is -0.360 e. The van der Waals surface area contributed by atoms with Gasteiger partial charge in [-0.25, -0.2) is 0 Å². The number of benzene rings is 2. The Balaban J connectivity index is 2.07. The highest BCUT2D eigenvalue weighted by molar-refractivity contribution is 5.87. The van der Waals surface area contributed by atoms with E-state index in [1.54, 1.807) is 0 Å². The minimum absolute atomic E-state index is 0.328. The van der Waals surface area contributed by atoms with E-state index in [1.807, 2.05) is 0 Å². The first-order valence-corrected chi connectivity index (χ1v) is 5.28. The van der Waals surface area contributed by atoms with E-state index in [2.05, 4.69) is 48.6 Å². The van der Waals surface area contributed by atoms with Crippen LogP contribution in [0.1, 0.15) is 17.2 Å². The van der Waals surface area contributed by atoms with E-state index < -0.39 is 0 Å². The van der Waals surface area contributed by atoms with Crippen molar-refractivity contribution < 1.29 is 4.74 Å². The van der Waals surface area contributed by atoms with Gasteiger partial charge in [-0.1, -0.05) is 36.4 Å². The fourth-order valence-electron chi connectivity index (χ4n) is 2.39. The van der Waals surface area contributed by atoms with Crippen molar-refractivity contribution in [2.45, 2.75) is 12.2 Å². The number of rotatable bonds is 0. The highest BCUT2D eigenvalue weighted by atomic mass is 16.6. The van der Waals surface area contributed by atoms with Crippen LogP contribution in [-0.4, -0.2) is 6.10 Å². The number of hydrogen-bond acceptors (Lipinski definition) is 1. The lowest BCUT2D eigenvalue weighted by molar-refractivity contribution is 0.395. The van der Waals surface area contributed by atoms with Crippen LogP contribution in [0, 0.1) is 0 Å². The molecule has 0 saturated carbocycles. The average molecular weight is 194 g/mol. The van der Waals surface area contributed by atoms with Crippen molar-refractivity contribution in [3.63, 3.8) is 0 Å². The molecule has 2 unspecified atom stereocenters. The second-order valence-corrected chi connectivity index (χ2v) is 4.21. The van der Waals surface area contributed by atoms with Crippen molar-refractivity contribution in [2.24, 2.45) is 0 Å². The first-order valence-electron chi connectivity index (χ1n) is 5.28. The van der Waals surface area contributed by atoms with Crippen LogP contribution in [0.2, 0.25) is 0 Å². The van der Waals surface area contributed by atoms with E-state index >= 15 is 0 Å². The lowest BCUT2D eigenvalue weighted by Gasteiger charge is -2.08. The molecule has 1 heterocycles. The maximum absolute atomic E-state index is 5.57. The molecule has 4 rings (SSSR count). The average Bonchev–Trinajstić information content (AvgIpc) is 3.06. The molecule has 0 spiro atoms. The van der Waals surface area contributed by atoms with Crippen molar-refractivity contribution in [3.05, 3.63) is 53.6 Å². The third-order valence-electron chi connectivity index (χ3n) is 3.25. The second kappa shape index (κ2) is 2.50. The first-order chi connectivity index (χ1) is 7.42. The molecule has 1 fully saturated rings. The zero-order chi connectivity index (χ0) is 9.83. The Morgan fingerprint density at radius 2 is 1.80 bits per heavy atom. The van der Waals surface area contributed by atoms with Gasteiger partial charge >= 0.3 is 0 Å². The molecule has 72 valence electrons. The molecular formula is C14H10O. The molecule has 0 aromatic heterocycles. The molecule has 2 aliphatic rings. The normalized spacial score (nSPS) is 26.1. The molecule has 1 heteroatoms. The summed E-state index contributed by atoms with van der Waals surface area (Å²) in [5, 5.41) is 2.61. The predicted octanol–water partition coefficient (Wildman–Crippen LogP) is 3.31. The fourth-order valence-corrected chi connectivity index (χ4v) is 2.39. The van der Waals surface area contributed by atoms with Crippen molar-refractivity contribution >= 4 is 16.8 Å². The van der Waals surface area contributed by atoms with Gasteiger partial charge in [0.1, 0.15) is 12.2 Å². The number of hydrogen-bond donors (Lipinski definition) is 0. The summed E-state index contributed by atoms with van der Waals surface area (Å²) in [6.45, 7) is 0. The van der Waals surface area contributed by atoms with Gasteiger partial charge in [0.2, 0.25) is 0 Å². The second-order valence-electron chi connectivity index (χ2n) is 4.21. The van der Waals surface area contributed by atoms with Crippen molar-refractivity contribution in [2.75, 3.05) is 0 Å². The molecule has 1 aliphatic heterocycles. The summed E-state index contributed by atoms with van der Waals surface area (Å²) in [4.78, 5) is 0. The summed E-state index contributed by atoms with van der Waals surface area (Å²) >= 11 is 0. The van der Waals surface area contributed by atoms with E-state index in [0.29, 0.717) is 12.2 Å². The Labute approximate surface area is 88.0 Å². The van der Waals surface area contributed by atoms with Gasteiger partial charge < -0.3 is 4.74 Å². The molecule has 1 nitrogen and oxygen atoms in total. The van der Waals surface area contributed by atoms with E-state index in [4.69, 9.17) is 4.74 Å². The predicted molar refractivity (Wildman–Crippen MR) is 60.6 cm³/mol. The van der Waals surface area contributed by atoms with Gasteiger partial charge in [0.15, 0.2) is 0 Å². The topological polar surface area (TPSA) is 12.5 Å². The summed E-state index contributed by atoms with van der Waals surface area (Å²) in [5.41, 5.74) is 2.66. The van der Waals surface area contributed by atoms with Crippen molar-refractivity contribution in [1.82, 2.24) is 0 Å². The molecule has 1 saturated heterocycles. The van der Waals surface area contributed by atoms with E-state index in [0.717, 1.165) is 0 Å². The Morgan fingerprint density at radius 3 is 2.67 bits per heavy atom. The highest BCUT2D eigenvalue weighted by Crippen LogP contribution is 2.45. The molecular weight excluding hydrogens is 184 g/mol. The summed E-state index contributed by atoms with van der Waals surface area (Å²) in [7, 11) is 0. The monoisotopic (exact) mass is 194 g/mol. The smallest absolute Gasteiger partial charge is 0.114 e. The first kappa shape index (κ1) is 7.66. The quantitative estimate of drug-likeness (QED) is 0.586. The molecule has 2 atom stereocenters. The molecule has 0 N–H and O–H groups in total. The van der Waals surface area contributed by atoms with Crippen LogP contribution >= 0.6 is 0 Å². The molecule has 0 amide bonds.